The van der Waals surface area contributed by atoms with Crippen molar-refractivity contribution in [1.82, 2.24) is 14.8 Å². The molecular formula is C21H25BrN4O2. The van der Waals surface area contributed by atoms with E-state index in [4.69, 9.17) is 4.74 Å². The van der Waals surface area contributed by atoms with Gasteiger partial charge in [0, 0.05) is 53.6 Å². The summed E-state index contributed by atoms with van der Waals surface area (Å²) in [4.78, 5) is 22.0. The monoisotopic (exact) mass is 444 g/mol. The predicted molar refractivity (Wildman–Crippen MR) is 113 cm³/mol. The minimum Gasteiger partial charge on any atom is -0.497 e. The second-order valence-electron chi connectivity index (χ2n) is 7.36. The van der Waals surface area contributed by atoms with Crippen LogP contribution >= 0.6 is 15.9 Å². The summed E-state index contributed by atoms with van der Waals surface area (Å²) in [7, 11) is 1.63. The first kappa shape index (κ1) is 19.2. The lowest BCUT2D eigenvalue weighted by atomic mass is 9.95. The van der Waals surface area contributed by atoms with Crippen molar-refractivity contribution >= 4 is 27.6 Å². The van der Waals surface area contributed by atoms with Gasteiger partial charge in [0.05, 0.1) is 7.11 Å². The Balaban J connectivity index is 1.46. The number of methoxy groups -OCH3 is 1. The van der Waals surface area contributed by atoms with Crippen LogP contribution in [0, 0.1) is 0 Å². The summed E-state index contributed by atoms with van der Waals surface area (Å²) in [6.45, 7) is 3.60. The molecule has 2 aliphatic rings. The molecule has 1 aromatic carbocycles. The van der Waals surface area contributed by atoms with Crippen molar-refractivity contribution in [3.05, 3.63) is 52.8 Å². The number of carbonyl (C=O) groups excluding carboxylic acids is 1. The number of rotatable bonds is 3. The topological polar surface area (TPSA) is 57.7 Å². The molecule has 4 rings (SSSR count). The van der Waals surface area contributed by atoms with E-state index in [9.17, 15) is 4.79 Å². The number of benzene rings is 1. The smallest absolute Gasteiger partial charge is 0.321 e. The number of urea groups is 1. The van der Waals surface area contributed by atoms with Crippen molar-refractivity contribution in [2.75, 3.05) is 38.6 Å². The molecule has 0 unspecified atom stereocenters. The number of hydrogen-bond acceptors (Lipinski definition) is 4. The zero-order valence-corrected chi connectivity index (χ0v) is 17.6. The van der Waals surface area contributed by atoms with E-state index in [1.165, 1.54) is 0 Å². The van der Waals surface area contributed by atoms with Gasteiger partial charge < -0.3 is 15.0 Å². The molecule has 0 spiro atoms. The number of halogens is 1. The standard InChI is InChI=1S/C21H25BrN4O2/c1-28-17-6-4-16(5-7-17)24-21(27)26-11-2-10-25-12-9-18(20(25)14-26)19-8-3-15(22)13-23-19/h3-8,13,18,20H,2,9-12,14H2,1H3,(H,24,27)/t18-,20+/m1/s1. The van der Waals surface area contributed by atoms with E-state index in [0.29, 0.717) is 12.0 Å². The molecule has 2 fully saturated rings. The molecule has 148 valence electrons. The summed E-state index contributed by atoms with van der Waals surface area (Å²) in [5, 5.41) is 3.02. The third-order valence-electron chi connectivity index (χ3n) is 5.70. The minimum absolute atomic E-state index is 0.0403. The van der Waals surface area contributed by atoms with Crippen LogP contribution in [0.4, 0.5) is 10.5 Å². The molecule has 1 N–H and O–H groups in total. The summed E-state index contributed by atoms with van der Waals surface area (Å²) >= 11 is 3.46. The number of carbonyl (C=O) groups is 1. The molecule has 0 saturated carbocycles. The minimum atomic E-state index is -0.0403. The van der Waals surface area contributed by atoms with Gasteiger partial charge in [0.25, 0.3) is 0 Å². The first-order chi connectivity index (χ1) is 13.6. The molecule has 3 heterocycles. The molecule has 2 aromatic rings. The highest BCUT2D eigenvalue weighted by Crippen LogP contribution is 2.34. The van der Waals surface area contributed by atoms with Gasteiger partial charge in [-0.2, -0.15) is 0 Å². The molecule has 1 aromatic heterocycles. The Morgan fingerprint density at radius 3 is 2.71 bits per heavy atom. The maximum atomic E-state index is 12.9. The van der Waals surface area contributed by atoms with Gasteiger partial charge in [-0.3, -0.25) is 9.88 Å². The summed E-state index contributed by atoms with van der Waals surface area (Å²) in [5.74, 6) is 1.14. The Kier molecular flexibility index (Phi) is 5.82. The van der Waals surface area contributed by atoms with Gasteiger partial charge in [-0.1, -0.05) is 0 Å². The summed E-state index contributed by atoms with van der Waals surface area (Å²) in [6.07, 6.45) is 3.95. The normalized spacial score (nSPS) is 22.4. The highest BCUT2D eigenvalue weighted by molar-refractivity contribution is 9.10. The van der Waals surface area contributed by atoms with Crippen molar-refractivity contribution in [2.24, 2.45) is 0 Å². The maximum Gasteiger partial charge on any atom is 0.321 e. The van der Waals surface area contributed by atoms with E-state index in [0.717, 1.165) is 60.6 Å². The zero-order valence-electron chi connectivity index (χ0n) is 16.0. The van der Waals surface area contributed by atoms with E-state index >= 15 is 0 Å². The Labute approximate surface area is 174 Å². The Hall–Kier alpha value is -2.12. The first-order valence-electron chi connectivity index (χ1n) is 9.69. The molecule has 2 aliphatic heterocycles. The van der Waals surface area contributed by atoms with Crippen LogP contribution in [0.1, 0.15) is 24.5 Å². The fraction of sp³-hybridized carbons (Fsp3) is 0.429. The molecule has 0 radical (unpaired) electrons. The number of nitrogens with zero attached hydrogens (tertiary/aromatic N) is 3. The summed E-state index contributed by atoms with van der Waals surface area (Å²) in [5.41, 5.74) is 1.90. The molecule has 7 heteroatoms. The number of aromatic nitrogens is 1. The van der Waals surface area contributed by atoms with Gasteiger partial charge in [0.15, 0.2) is 0 Å². The average molecular weight is 445 g/mol. The van der Waals surface area contributed by atoms with Crippen LogP contribution in [-0.4, -0.2) is 60.1 Å². The van der Waals surface area contributed by atoms with Gasteiger partial charge in [0.2, 0.25) is 0 Å². The Bertz CT molecular complexity index is 812. The molecule has 2 amide bonds. The van der Waals surface area contributed by atoms with Crippen LogP contribution in [0.2, 0.25) is 0 Å². The molecule has 2 saturated heterocycles. The van der Waals surface area contributed by atoms with Crippen LogP contribution in [0.25, 0.3) is 0 Å². The Morgan fingerprint density at radius 1 is 1.18 bits per heavy atom. The molecular weight excluding hydrogens is 420 g/mol. The number of ether oxygens (including phenoxy) is 1. The highest BCUT2D eigenvalue weighted by Gasteiger charge is 2.39. The maximum absolute atomic E-state index is 12.9. The van der Waals surface area contributed by atoms with Crippen LogP contribution in [-0.2, 0) is 0 Å². The van der Waals surface area contributed by atoms with E-state index in [1.807, 2.05) is 35.4 Å². The van der Waals surface area contributed by atoms with E-state index in [-0.39, 0.29) is 6.03 Å². The lowest BCUT2D eigenvalue weighted by Crippen LogP contribution is -2.43. The molecule has 28 heavy (non-hydrogen) atoms. The molecule has 0 bridgehead atoms. The summed E-state index contributed by atoms with van der Waals surface area (Å²) in [6, 6.07) is 11.9. The third-order valence-corrected chi connectivity index (χ3v) is 6.17. The van der Waals surface area contributed by atoms with Gasteiger partial charge in [0.1, 0.15) is 5.75 Å². The SMILES string of the molecule is COc1ccc(NC(=O)N2CCCN3CC[C@H](c4ccc(Br)cn4)[C@@H]3C2)cc1. The summed E-state index contributed by atoms with van der Waals surface area (Å²) < 4.78 is 6.17. The average Bonchev–Trinajstić information content (AvgIpc) is 2.98. The highest BCUT2D eigenvalue weighted by atomic mass is 79.9. The van der Waals surface area contributed by atoms with E-state index in [1.54, 1.807) is 7.11 Å². The molecule has 0 aliphatic carbocycles. The molecule has 2 atom stereocenters. The number of pyridine rings is 1. The van der Waals surface area contributed by atoms with Gasteiger partial charge in [-0.05, 0) is 71.7 Å². The largest absolute Gasteiger partial charge is 0.497 e. The zero-order chi connectivity index (χ0) is 19.5. The fourth-order valence-corrected chi connectivity index (χ4v) is 4.47. The lowest BCUT2D eigenvalue weighted by Gasteiger charge is -2.29. The molecule has 6 nitrogen and oxygen atoms in total. The third kappa shape index (κ3) is 4.15. The van der Waals surface area contributed by atoms with Crippen molar-refractivity contribution in [3.8, 4) is 5.75 Å². The van der Waals surface area contributed by atoms with E-state index in [2.05, 4.69) is 43.3 Å². The van der Waals surface area contributed by atoms with Gasteiger partial charge in [-0.25, -0.2) is 4.79 Å². The van der Waals surface area contributed by atoms with Crippen LogP contribution < -0.4 is 10.1 Å². The number of anilines is 1. The van der Waals surface area contributed by atoms with Crippen molar-refractivity contribution in [3.63, 3.8) is 0 Å². The second kappa shape index (κ2) is 8.49. The fourth-order valence-electron chi connectivity index (χ4n) is 4.23. The van der Waals surface area contributed by atoms with E-state index < -0.39 is 0 Å². The van der Waals surface area contributed by atoms with Gasteiger partial charge in [-0.15, -0.1) is 0 Å². The second-order valence-corrected chi connectivity index (χ2v) is 8.27. The lowest BCUT2D eigenvalue weighted by molar-refractivity contribution is 0.196. The van der Waals surface area contributed by atoms with Crippen molar-refractivity contribution in [1.29, 1.82) is 0 Å². The number of nitrogens with one attached hydrogen (secondary N) is 1. The van der Waals surface area contributed by atoms with Crippen molar-refractivity contribution < 1.29 is 9.53 Å². The number of fused-ring (bicyclic) bond motifs is 1. The quantitative estimate of drug-likeness (QED) is 0.778. The number of hydrogen-bond donors (Lipinski definition) is 1. The van der Waals surface area contributed by atoms with Crippen LogP contribution in [0.15, 0.2) is 47.1 Å². The Morgan fingerprint density at radius 2 is 2.00 bits per heavy atom. The van der Waals surface area contributed by atoms with Gasteiger partial charge >= 0.3 is 6.03 Å². The van der Waals surface area contributed by atoms with Crippen LogP contribution in [0.5, 0.6) is 5.75 Å². The predicted octanol–water partition coefficient (Wildman–Crippen LogP) is 3.95. The van der Waals surface area contributed by atoms with Crippen LogP contribution in [0.3, 0.4) is 0 Å². The van der Waals surface area contributed by atoms with Crippen molar-refractivity contribution in [2.45, 2.75) is 24.8 Å². The first-order valence-corrected chi connectivity index (χ1v) is 10.5. The number of amides is 2.